The highest BCUT2D eigenvalue weighted by atomic mass is 32.2. The van der Waals surface area contributed by atoms with Crippen LogP contribution in [0.1, 0.15) is 5.56 Å². The zero-order valence-corrected chi connectivity index (χ0v) is 17.1. The molecule has 2 aromatic carbocycles. The van der Waals surface area contributed by atoms with Crippen molar-refractivity contribution in [2.45, 2.75) is 11.4 Å². The lowest BCUT2D eigenvalue weighted by molar-refractivity contribution is -0.117. The van der Waals surface area contributed by atoms with Gasteiger partial charge in [-0.05, 0) is 49.0 Å². The third kappa shape index (κ3) is 5.51. The maximum atomic E-state index is 13.7. The van der Waals surface area contributed by atoms with Crippen LogP contribution in [0.3, 0.4) is 0 Å². The summed E-state index contributed by atoms with van der Waals surface area (Å²) in [5, 5.41) is 2.71. The van der Waals surface area contributed by atoms with Gasteiger partial charge in [-0.25, -0.2) is 17.1 Å². The van der Waals surface area contributed by atoms with E-state index in [0.717, 1.165) is 4.31 Å². The molecule has 0 aliphatic rings. The zero-order valence-electron chi connectivity index (χ0n) is 16.3. The second-order valence-electron chi connectivity index (χ2n) is 6.50. The SMILES string of the molecule is COc1ccc(CN(C)CC(=O)Nc2ccc(S(=O)(=O)N(C)C)cc2)cc1F. The Balaban J connectivity index is 1.93. The molecule has 0 aliphatic heterocycles. The van der Waals surface area contributed by atoms with Crippen molar-refractivity contribution in [2.24, 2.45) is 0 Å². The average molecular weight is 409 g/mol. The van der Waals surface area contributed by atoms with Crippen molar-refractivity contribution in [3.63, 3.8) is 0 Å². The maximum absolute atomic E-state index is 13.7. The Kier molecular flexibility index (Phi) is 7.11. The van der Waals surface area contributed by atoms with E-state index in [4.69, 9.17) is 4.74 Å². The summed E-state index contributed by atoms with van der Waals surface area (Å²) < 4.78 is 43.8. The minimum Gasteiger partial charge on any atom is -0.494 e. The topological polar surface area (TPSA) is 79.0 Å². The molecule has 0 aliphatic carbocycles. The number of sulfonamides is 1. The van der Waals surface area contributed by atoms with Crippen LogP contribution >= 0.6 is 0 Å². The number of carbonyl (C=O) groups is 1. The molecule has 2 rings (SSSR count). The Hall–Kier alpha value is -2.49. The van der Waals surface area contributed by atoms with Gasteiger partial charge in [0.15, 0.2) is 11.6 Å². The molecular weight excluding hydrogens is 385 g/mol. The number of halogens is 1. The summed E-state index contributed by atoms with van der Waals surface area (Å²) in [6.45, 7) is 0.472. The number of benzene rings is 2. The van der Waals surface area contributed by atoms with E-state index in [-0.39, 0.29) is 23.1 Å². The number of ether oxygens (including phenoxy) is 1. The smallest absolute Gasteiger partial charge is 0.242 e. The average Bonchev–Trinajstić information content (AvgIpc) is 2.62. The molecule has 0 bridgehead atoms. The molecule has 152 valence electrons. The van der Waals surface area contributed by atoms with Gasteiger partial charge in [-0.2, -0.15) is 0 Å². The van der Waals surface area contributed by atoms with E-state index in [2.05, 4.69) is 5.32 Å². The minimum atomic E-state index is -3.51. The first kappa shape index (κ1) is 21.8. The molecule has 0 spiro atoms. The van der Waals surface area contributed by atoms with Crippen molar-refractivity contribution in [2.75, 3.05) is 40.1 Å². The standard InChI is InChI=1S/C19H24FN3O4S/c1-22(2)28(25,26)16-8-6-15(7-9-16)21-19(24)13-23(3)12-14-5-10-18(27-4)17(20)11-14/h5-11H,12-13H2,1-4H3,(H,21,24). The fourth-order valence-corrected chi connectivity index (χ4v) is 3.44. The van der Waals surface area contributed by atoms with Crippen molar-refractivity contribution in [3.8, 4) is 5.75 Å². The number of likely N-dealkylation sites (N-methyl/N-ethyl adjacent to an activating group) is 1. The molecule has 0 heterocycles. The Morgan fingerprint density at radius 2 is 1.75 bits per heavy atom. The monoisotopic (exact) mass is 409 g/mol. The molecule has 0 aromatic heterocycles. The van der Waals surface area contributed by atoms with Crippen molar-refractivity contribution in [1.29, 1.82) is 0 Å². The molecule has 0 radical (unpaired) electrons. The first-order chi connectivity index (χ1) is 13.1. The number of methoxy groups -OCH3 is 1. The minimum absolute atomic E-state index is 0.0887. The van der Waals surface area contributed by atoms with Crippen LogP contribution in [0, 0.1) is 5.82 Å². The highest BCUT2D eigenvalue weighted by Crippen LogP contribution is 2.19. The van der Waals surface area contributed by atoms with Gasteiger partial charge in [0.1, 0.15) is 0 Å². The number of hydrogen-bond donors (Lipinski definition) is 1. The number of rotatable bonds is 8. The van der Waals surface area contributed by atoms with E-state index < -0.39 is 15.8 Å². The van der Waals surface area contributed by atoms with E-state index in [1.165, 1.54) is 51.5 Å². The van der Waals surface area contributed by atoms with Crippen LogP contribution in [0.5, 0.6) is 5.75 Å². The highest BCUT2D eigenvalue weighted by Gasteiger charge is 2.17. The molecule has 7 nitrogen and oxygen atoms in total. The summed E-state index contributed by atoms with van der Waals surface area (Å²) in [5.74, 6) is -0.547. The van der Waals surface area contributed by atoms with Crippen LogP contribution < -0.4 is 10.1 Å². The van der Waals surface area contributed by atoms with Crippen LogP contribution in [0.4, 0.5) is 10.1 Å². The van der Waals surface area contributed by atoms with E-state index in [1.807, 2.05) is 0 Å². The third-order valence-corrected chi connectivity index (χ3v) is 5.83. The molecule has 0 saturated carbocycles. The van der Waals surface area contributed by atoms with Crippen molar-refractivity contribution >= 4 is 21.6 Å². The Morgan fingerprint density at radius 3 is 2.29 bits per heavy atom. The normalized spacial score (nSPS) is 11.7. The molecule has 0 unspecified atom stereocenters. The first-order valence-corrected chi connectivity index (χ1v) is 9.91. The van der Waals surface area contributed by atoms with Gasteiger partial charge in [0.05, 0.1) is 18.6 Å². The summed E-state index contributed by atoms with van der Waals surface area (Å²) in [4.78, 5) is 14.1. The maximum Gasteiger partial charge on any atom is 0.242 e. The van der Waals surface area contributed by atoms with Crippen LogP contribution in [-0.2, 0) is 21.4 Å². The van der Waals surface area contributed by atoms with E-state index in [0.29, 0.717) is 17.8 Å². The number of anilines is 1. The Labute approximate surface area is 164 Å². The molecule has 0 fully saturated rings. The number of nitrogens with zero attached hydrogens (tertiary/aromatic N) is 2. The summed E-state index contributed by atoms with van der Waals surface area (Å²) in [6.07, 6.45) is 0. The van der Waals surface area contributed by atoms with Gasteiger partial charge in [-0.1, -0.05) is 6.07 Å². The molecule has 2 aromatic rings. The summed E-state index contributed by atoms with van der Waals surface area (Å²) in [7, 11) is 2.54. The number of carbonyl (C=O) groups excluding carboxylic acids is 1. The molecule has 9 heteroatoms. The predicted octanol–water partition coefficient (Wildman–Crippen LogP) is 2.16. The first-order valence-electron chi connectivity index (χ1n) is 8.47. The quantitative estimate of drug-likeness (QED) is 0.723. The second kappa shape index (κ2) is 9.13. The molecular formula is C19H24FN3O4S. The zero-order chi connectivity index (χ0) is 20.9. The second-order valence-corrected chi connectivity index (χ2v) is 8.65. The van der Waals surface area contributed by atoms with Crippen LogP contribution in [-0.4, -0.2) is 58.3 Å². The van der Waals surface area contributed by atoms with Gasteiger partial charge < -0.3 is 10.1 Å². The largest absolute Gasteiger partial charge is 0.494 e. The van der Waals surface area contributed by atoms with Crippen molar-refractivity contribution in [1.82, 2.24) is 9.21 Å². The summed E-state index contributed by atoms with van der Waals surface area (Å²) in [5.41, 5.74) is 1.21. The van der Waals surface area contributed by atoms with Gasteiger partial charge >= 0.3 is 0 Å². The number of nitrogens with one attached hydrogen (secondary N) is 1. The fraction of sp³-hybridized carbons (Fsp3) is 0.316. The van der Waals surface area contributed by atoms with Crippen LogP contribution in [0.25, 0.3) is 0 Å². The third-order valence-electron chi connectivity index (χ3n) is 4.00. The molecule has 0 atom stereocenters. The Bertz CT molecular complexity index is 931. The van der Waals surface area contributed by atoms with Crippen LogP contribution in [0.2, 0.25) is 0 Å². The molecule has 1 amide bonds. The van der Waals surface area contributed by atoms with Gasteiger partial charge in [0, 0.05) is 26.3 Å². The van der Waals surface area contributed by atoms with E-state index >= 15 is 0 Å². The lowest BCUT2D eigenvalue weighted by atomic mass is 10.2. The summed E-state index contributed by atoms with van der Waals surface area (Å²) >= 11 is 0. The van der Waals surface area contributed by atoms with Gasteiger partial charge in [0.2, 0.25) is 15.9 Å². The van der Waals surface area contributed by atoms with Gasteiger partial charge in [-0.15, -0.1) is 0 Å². The summed E-state index contributed by atoms with van der Waals surface area (Å²) in [6, 6.07) is 10.6. The van der Waals surface area contributed by atoms with Crippen molar-refractivity contribution < 1.29 is 22.3 Å². The Morgan fingerprint density at radius 1 is 1.11 bits per heavy atom. The van der Waals surface area contributed by atoms with E-state index in [9.17, 15) is 17.6 Å². The highest BCUT2D eigenvalue weighted by molar-refractivity contribution is 7.89. The number of amides is 1. The van der Waals surface area contributed by atoms with Gasteiger partial charge in [0.25, 0.3) is 0 Å². The fourth-order valence-electron chi connectivity index (χ4n) is 2.54. The predicted molar refractivity (Wildman–Crippen MR) is 105 cm³/mol. The molecule has 28 heavy (non-hydrogen) atoms. The lowest BCUT2D eigenvalue weighted by Gasteiger charge is -2.17. The van der Waals surface area contributed by atoms with Crippen molar-refractivity contribution in [3.05, 3.63) is 53.8 Å². The molecule has 0 saturated heterocycles. The number of hydrogen-bond acceptors (Lipinski definition) is 5. The van der Waals surface area contributed by atoms with Crippen LogP contribution in [0.15, 0.2) is 47.4 Å². The molecule has 1 N–H and O–H groups in total. The van der Waals surface area contributed by atoms with Gasteiger partial charge in [-0.3, -0.25) is 9.69 Å². The van der Waals surface area contributed by atoms with E-state index in [1.54, 1.807) is 24.1 Å². The lowest BCUT2D eigenvalue weighted by Crippen LogP contribution is -2.29.